The lowest BCUT2D eigenvalue weighted by molar-refractivity contribution is -0.917. The Labute approximate surface area is 154 Å². The fourth-order valence-corrected chi connectivity index (χ4v) is 4.08. The molecule has 2 atom stereocenters. The van der Waals surface area contributed by atoms with E-state index < -0.39 is 0 Å². The van der Waals surface area contributed by atoms with Gasteiger partial charge in [-0.3, -0.25) is 4.79 Å². The van der Waals surface area contributed by atoms with Crippen LogP contribution in [0.2, 0.25) is 0 Å². The van der Waals surface area contributed by atoms with Crippen molar-refractivity contribution in [2.24, 2.45) is 0 Å². The first-order valence-electron chi connectivity index (χ1n) is 9.66. The zero-order chi connectivity index (χ0) is 17.9. The quantitative estimate of drug-likeness (QED) is 0.822. The molecule has 0 spiro atoms. The maximum atomic E-state index is 14.0. The lowest BCUT2D eigenvalue weighted by atomic mass is 9.88. The molecular formula is C22H26FN2O+. The number of benzene rings is 2. The number of quaternary nitrogens is 1. The molecule has 26 heavy (non-hydrogen) atoms. The van der Waals surface area contributed by atoms with Crippen LogP contribution in [0, 0.1) is 5.82 Å². The molecule has 4 heteroatoms. The molecule has 136 valence electrons. The van der Waals surface area contributed by atoms with E-state index in [4.69, 9.17) is 0 Å². The van der Waals surface area contributed by atoms with Crippen LogP contribution in [-0.2, 0) is 17.8 Å². The van der Waals surface area contributed by atoms with Gasteiger partial charge in [-0.15, -0.1) is 0 Å². The summed E-state index contributed by atoms with van der Waals surface area (Å²) in [6.45, 7) is 0.990. The summed E-state index contributed by atoms with van der Waals surface area (Å²) in [6, 6.07) is 15.9. The van der Waals surface area contributed by atoms with Crippen LogP contribution in [0.3, 0.4) is 0 Å². The Morgan fingerprint density at radius 2 is 1.85 bits per heavy atom. The molecule has 4 rings (SSSR count). The van der Waals surface area contributed by atoms with Gasteiger partial charge in [0.15, 0.2) is 6.54 Å². The molecule has 0 aliphatic heterocycles. The summed E-state index contributed by atoms with van der Waals surface area (Å²) in [6.07, 6.45) is 5.45. The number of aryl methyl sites for hydroxylation is 1. The number of halogens is 1. The smallest absolute Gasteiger partial charge is 0.275 e. The Kier molecular flexibility index (Phi) is 5.02. The highest BCUT2D eigenvalue weighted by molar-refractivity contribution is 5.77. The first-order valence-corrected chi connectivity index (χ1v) is 9.66. The summed E-state index contributed by atoms with van der Waals surface area (Å²) in [5.74, 6) is -0.0998. The van der Waals surface area contributed by atoms with E-state index in [0.717, 1.165) is 32.1 Å². The minimum Gasteiger partial charge on any atom is -0.344 e. The van der Waals surface area contributed by atoms with E-state index in [0.29, 0.717) is 24.7 Å². The van der Waals surface area contributed by atoms with Gasteiger partial charge < -0.3 is 10.2 Å². The first-order chi connectivity index (χ1) is 12.7. The lowest BCUT2D eigenvalue weighted by Gasteiger charge is -2.27. The van der Waals surface area contributed by atoms with Gasteiger partial charge in [-0.1, -0.05) is 42.5 Å². The minimum atomic E-state index is -0.174. The standard InChI is InChI=1S/C22H25FN2O/c23-20-10-4-2-7-17(20)14-25(18-12-13-18)15-22(26)24-21-11-5-8-16-6-1-3-9-19(16)21/h1-4,6-7,9-10,18,21H,5,8,11-15H2,(H,24,26)/p+1/t21-/m1/s1. The molecule has 1 amide bonds. The van der Waals surface area contributed by atoms with Gasteiger partial charge in [0.1, 0.15) is 12.4 Å². The molecule has 0 radical (unpaired) electrons. The van der Waals surface area contributed by atoms with Crippen LogP contribution >= 0.6 is 0 Å². The molecule has 1 saturated carbocycles. The molecule has 0 saturated heterocycles. The van der Waals surface area contributed by atoms with E-state index in [1.54, 1.807) is 6.07 Å². The number of amides is 1. The fraction of sp³-hybridized carbons (Fsp3) is 0.409. The highest BCUT2D eigenvalue weighted by Crippen LogP contribution is 2.29. The Morgan fingerprint density at radius 3 is 2.65 bits per heavy atom. The summed E-state index contributed by atoms with van der Waals surface area (Å²) in [4.78, 5) is 13.9. The van der Waals surface area contributed by atoms with Crippen molar-refractivity contribution in [2.45, 2.75) is 50.7 Å². The molecule has 2 aromatic carbocycles. The third kappa shape index (κ3) is 3.96. The second kappa shape index (κ2) is 7.58. The monoisotopic (exact) mass is 353 g/mol. The summed E-state index contributed by atoms with van der Waals surface area (Å²) >= 11 is 0. The molecule has 2 aliphatic rings. The topological polar surface area (TPSA) is 33.5 Å². The van der Waals surface area contributed by atoms with Crippen LogP contribution in [0.1, 0.15) is 48.4 Å². The van der Waals surface area contributed by atoms with Crippen molar-refractivity contribution in [2.75, 3.05) is 6.54 Å². The van der Waals surface area contributed by atoms with Crippen molar-refractivity contribution in [3.63, 3.8) is 0 Å². The van der Waals surface area contributed by atoms with E-state index in [-0.39, 0.29) is 17.8 Å². The highest BCUT2D eigenvalue weighted by atomic mass is 19.1. The van der Waals surface area contributed by atoms with Gasteiger partial charge in [-0.2, -0.15) is 0 Å². The first kappa shape index (κ1) is 17.2. The molecule has 2 aliphatic carbocycles. The van der Waals surface area contributed by atoms with E-state index in [1.807, 2.05) is 18.2 Å². The van der Waals surface area contributed by atoms with Gasteiger partial charge in [-0.25, -0.2) is 4.39 Å². The van der Waals surface area contributed by atoms with Crippen molar-refractivity contribution >= 4 is 5.91 Å². The molecule has 2 aromatic rings. The number of carbonyl (C=O) groups is 1. The highest BCUT2D eigenvalue weighted by Gasteiger charge is 2.35. The summed E-state index contributed by atoms with van der Waals surface area (Å²) in [7, 11) is 0. The van der Waals surface area contributed by atoms with Crippen molar-refractivity contribution in [3.8, 4) is 0 Å². The van der Waals surface area contributed by atoms with Crippen LogP contribution in [0.5, 0.6) is 0 Å². The minimum absolute atomic E-state index is 0.0740. The SMILES string of the molecule is O=C(C[NH+](Cc1ccccc1F)C1CC1)N[C@@H]1CCCc2ccccc21. The number of rotatable bonds is 6. The summed E-state index contributed by atoms with van der Waals surface area (Å²) in [5.41, 5.74) is 3.31. The van der Waals surface area contributed by atoms with Gasteiger partial charge in [0.25, 0.3) is 5.91 Å². The van der Waals surface area contributed by atoms with E-state index in [9.17, 15) is 9.18 Å². The molecule has 1 unspecified atom stereocenters. The average molecular weight is 353 g/mol. The zero-order valence-electron chi connectivity index (χ0n) is 15.0. The predicted molar refractivity (Wildman–Crippen MR) is 99.2 cm³/mol. The molecule has 3 nitrogen and oxygen atoms in total. The molecule has 0 aromatic heterocycles. The Hall–Kier alpha value is -2.20. The van der Waals surface area contributed by atoms with E-state index in [2.05, 4.69) is 23.5 Å². The largest absolute Gasteiger partial charge is 0.344 e. The third-order valence-electron chi connectivity index (χ3n) is 5.62. The molecular weight excluding hydrogens is 327 g/mol. The van der Waals surface area contributed by atoms with Crippen LogP contribution in [0.15, 0.2) is 48.5 Å². The molecule has 1 fully saturated rings. The van der Waals surface area contributed by atoms with Crippen molar-refractivity contribution in [1.82, 2.24) is 5.32 Å². The third-order valence-corrected chi connectivity index (χ3v) is 5.62. The van der Waals surface area contributed by atoms with Crippen molar-refractivity contribution in [3.05, 3.63) is 71.0 Å². The number of hydrogen-bond acceptors (Lipinski definition) is 1. The van der Waals surface area contributed by atoms with E-state index >= 15 is 0 Å². The van der Waals surface area contributed by atoms with Crippen molar-refractivity contribution < 1.29 is 14.1 Å². The predicted octanol–water partition coefficient (Wildman–Crippen LogP) is 2.57. The Bertz CT molecular complexity index is 787. The number of carbonyl (C=O) groups excluding carboxylic acids is 1. The van der Waals surface area contributed by atoms with Crippen LogP contribution in [0.25, 0.3) is 0 Å². The summed E-state index contributed by atoms with van der Waals surface area (Å²) < 4.78 is 14.0. The Balaban J connectivity index is 1.41. The number of nitrogens with one attached hydrogen (secondary N) is 2. The average Bonchev–Trinajstić information content (AvgIpc) is 3.48. The van der Waals surface area contributed by atoms with Crippen molar-refractivity contribution in [1.29, 1.82) is 0 Å². The van der Waals surface area contributed by atoms with E-state index in [1.165, 1.54) is 22.1 Å². The van der Waals surface area contributed by atoms with Crippen LogP contribution in [0.4, 0.5) is 4.39 Å². The van der Waals surface area contributed by atoms with Gasteiger partial charge >= 0.3 is 0 Å². The van der Waals surface area contributed by atoms with Gasteiger partial charge in [0, 0.05) is 18.4 Å². The van der Waals surface area contributed by atoms with Gasteiger partial charge in [-0.05, 0) is 36.5 Å². The van der Waals surface area contributed by atoms with Crippen LogP contribution < -0.4 is 10.2 Å². The van der Waals surface area contributed by atoms with Gasteiger partial charge in [0.2, 0.25) is 0 Å². The number of fused-ring (bicyclic) bond motifs is 1. The maximum Gasteiger partial charge on any atom is 0.275 e. The lowest BCUT2D eigenvalue weighted by Crippen LogP contribution is -3.13. The zero-order valence-corrected chi connectivity index (χ0v) is 15.0. The fourth-order valence-electron chi connectivity index (χ4n) is 4.08. The molecule has 0 heterocycles. The second-order valence-electron chi connectivity index (χ2n) is 7.59. The Morgan fingerprint density at radius 1 is 1.08 bits per heavy atom. The molecule has 0 bridgehead atoms. The normalized spacial score (nSPS) is 20.3. The molecule has 2 N–H and O–H groups in total. The maximum absolute atomic E-state index is 14.0. The number of hydrogen-bond donors (Lipinski definition) is 2. The van der Waals surface area contributed by atoms with Gasteiger partial charge in [0.05, 0.1) is 12.1 Å². The van der Waals surface area contributed by atoms with Crippen LogP contribution in [-0.4, -0.2) is 18.5 Å². The summed E-state index contributed by atoms with van der Waals surface area (Å²) in [5, 5.41) is 3.24. The second-order valence-corrected chi connectivity index (χ2v) is 7.59.